The number of rotatable bonds is 1. The number of carbonyl (C=O) groups excluding carboxylic acids is 1. The first kappa shape index (κ1) is 16.4. The normalized spacial score (nSPS) is 11.7. The summed E-state index contributed by atoms with van der Waals surface area (Å²) in [7, 11) is 0. The number of hydrogen-bond acceptors (Lipinski definition) is 3. The van der Waals surface area contributed by atoms with Crippen LogP contribution < -0.4 is 10.3 Å². The molecule has 0 aliphatic heterocycles. The summed E-state index contributed by atoms with van der Waals surface area (Å²) in [5.41, 5.74) is -0.0391. The van der Waals surface area contributed by atoms with Crippen LogP contribution in [0.2, 0.25) is 5.02 Å². The molecule has 3 rings (SSSR count). The predicted octanol–water partition coefficient (Wildman–Crippen LogP) is 4.34. The number of nitrogens with one attached hydrogen (secondary N) is 2. The molecule has 0 atom stereocenters. The molecule has 0 bridgehead atoms. The number of carbonyl (C=O) groups is 1. The Balaban J connectivity index is 2.09. The average Bonchev–Trinajstić information content (AvgIpc) is 2.47. The maximum atomic E-state index is 13.8. The summed E-state index contributed by atoms with van der Waals surface area (Å²) in [5.74, 6) is -0.0977. The maximum Gasteiger partial charge on any atom is 0.505 e. The molecule has 0 saturated heterocycles. The first-order chi connectivity index (χ1) is 11.2. The van der Waals surface area contributed by atoms with Gasteiger partial charge in [-0.25, -0.2) is 9.37 Å². The predicted molar refractivity (Wildman–Crippen MR) is 90.6 cm³/mol. The van der Waals surface area contributed by atoms with Gasteiger partial charge in [-0.05, 0) is 39.0 Å². The van der Waals surface area contributed by atoms with Crippen LogP contribution in [0.3, 0.4) is 0 Å². The Morgan fingerprint density at radius 3 is 2.75 bits per heavy atom. The second-order valence-electron chi connectivity index (χ2n) is 6.35. The lowest BCUT2D eigenvalue weighted by molar-refractivity contribution is -0.358. The fourth-order valence-corrected chi connectivity index (χ4v) is 2.54. The summed E-state index contributed by atoms with van der Waals surface area (Å²) in [6.07, 6.45) is 2.66. The Bertz CT molecular complexity index is 954. The van der Waals surface area contributed by atoms with Crippen molar-refractivity contribution in [2.24, 2.45) is 0 Å². The number of pyridine rings is 2. The Kier molecular flexibility index (Phi) is 4.01. The van der Waals surface area contributed by atoms with Gasteiger partial charge in [0.15, 0.2) is 0 Å². The molecule has 3 aromatic rings. The van der Waals surface area contributed by atoms with Gasteiger partial charge in [0.1, 0.15) is 11.4 Å². The van der Waals surface area contributed by atoms with Gasteiger partial charge in [-0.3, -0.25) is 4.98 Å². The molecule has 0 fully saturated rings. The molecule has 7 heteroatoms. The number of aromatic amines is 1. The van der Waals surface area contributed by atoms with Gasteiger partial charge in [0, 0.05) is 17.0 Å². The highest BCUT2D eigenvalue weighted by Crippen LogP contribution is 2.29. The molecule has 2 heterocycles. The van der Waals surface area contributed by atoms with Crippen LogP contribution in [0.15, 0.2) is 30.6 Å². The monoisotopic (exact) mass is 348 g/mol. The number of benzene rings is 1. The van der Waals surface area contributed by atoms with Gasteiger partial charge in [-0.1, -0.05) is 11.6 Å². The Labute approximate surface area is 142 Å². The largest absolute Gasteiger partial charge is 0.505 e. The highest BCUT2D eigenvalue weighted by Gasteiger charge is 2.22. The highest BCUT2D eigenvalue weighted by atomic mass is 35.5. The minimum Gasteiger partial charge on any atom is -0.426 e. The van der Waals surface area contributed by atoms with E-state index in [2.05, 4.69) is 15.3 Å². The molecule has 2 aromatic heterocycles. The van der Waals surface area contributed by atoms with Crippen LogP contribution in [0, 0.1) is 5.82 Å². The lowest BCUT2D eigenvalue weighted by Crippen LogP contribution is -2.29. The molecule has 0 aliphatic carbocycles. The van der Waals surface area contributed by atoms with Crippen molar-refractivity contribution < 1.29 is 18.9 Å². The minimum absolute atomic E-state index is 0.0175. The zero-order valence-electron chi connectivity index (χ0n) is 13.4. The van der Waals surface area contributed by atoms with Crippen LogP contribution in [0.4, 0.5) is 15.0 Å². The first-order valence-electron chi connectivity index (χ1n) is 7.33. The molecule has 1 aromatic carbocycles. The smallest absolute Gasteiger partial charge is 0.426 e. The summed E-state index contributed by atoms with van der Waals surface area (Å²) in [6, 6.07) is 4.60. The SMILES string of the molecule is CC(C)(C)OC(=O)Nc1[nH+]ccc2c1cnc1cc(Cl)c(F)cc12. The quantitative estimate of drug-likeness (QED) is 0.665. The van der Waals surface area contributed by atoms with Crippen molar-refractivity contribution in [2.45, 2.75) is 26.4 Å². The van der Waals surface area contributed by atoms with E-state index >= 15 is 0 Å². The number of amides is 1. The van der Waals surface area contributed by atoms with Gasteiger partial charge in [0.05, 0.1) is 22.1 Å². The summed E-state index contributed by atoms with van der Waals surface area (Å²) >= 11 is 5.81. The standard InChI is InChI=1S/C17H15ClFN3O2/c1-17(2,3)24-16(23)22-15-11-8-21-14-7-12(18)13(19)6-10(14)9(11)4-5-20-15/h4-8H,1-3H3,(H,20,22,23)/p+1. The lowest BCUT2D eigenvalue weighted by Gasteiger charge is -2.17. The molecule has 0 aliphatic rings. The zero-order valence-corrected chi connectivity index (χ0v) is 14.2. The second-order valence-corrected chi connectivity index (χ2v) is 6.76. The number of anilines is 1. The molecule has 0 saturated carbocycles. The van der Waals surface area contributed by atoms with E-state index in [1.165, 1.54) is 12.1 Å². The fraction of sp³-hybridized carbons (Fsp3) is 0.235. The zero-order chi connectivity index (χ0) is 17.5. The molecular weight excluding hydrogens is 333 g/mol. The van der Waals surface area contributed by atoms with Gasteiger partial charge in [-0.2, -0.15) is 10.1 Å². The average molecular weight is 349 g/mol. The minimum atomic E-state index is -0.612. The van der Waals surface area contributed by atoms with Crippen LogP contribution >= 0.6 is 11.6 Å². The Hall–Kier alpha value is -2.47. The van der Waals surface area contributed by atoms with Crippen molar-refractivity contribution in [1.82, 2.24) is 4.98 Å². The third-order valence-corrected chi connectivity index (χ3v) is 3.61. The van der Waals surface area contributed by atoms with Crippen LogP contribution in [0.25, 0.3) is 21.7 Å². The van der Waals surface area contributed by atoms with E-state index in [1.54, 1.807) is 39.2 Å². The Morgan fingerprint density at radius 1 is 1.29 bits per heavy atom. The maximum absolute atomic E-state index is 13.8. The van der Waals surface area contributed by atoms with Crippen molar-refractivity contribution in [3.63, 3.8) is 0 Å². The number of aromatic nitrogens is 2. The van der Waals surface area contributed by atoms with Crippen LogP contribution in [-0.4, -0.2) is 16.7 Å². The molecule has 0 unspecified atom stereocenters. The van der Waals surface area contributed by atoms with Crippen LogP contribution in [0.1, 0.15) is 20.8 Å². The summed E-state index contributed by atoms with van der Waals surface area (Å²) in [4.78, 5) is 19.2. The topological polar surface area (TPSA) is 65.4 Å². The Morgan fingerprint density at radius 2 is 2.04 bits per heavy atom. The van der Waals surface area contributed by atoms with Gasteiger partial charge in [0.2, 0.25) is 0 Å². The van der Waals surface area contributed by atoms with Gasteiger partial charge in [0.25, 0.3) is 5.82 Å². The molecule has 0 radical (unpaired) electrons. The number of ether oxygens (including phenoxy) is 1. The van der Waals surface area contributed by atoms with E-state index in [9.17, 15) is 9.18 Å². The molecule has 124 valence electrons. The van der Waals surface area contributed by atoms with Gasteiger partial charge >= 0.3 is 6.09 Å². The van der Waals surface area contributed by atoms with E-state index in [0.717, 1.165) is 5.39 Å². The van der Waals surface area contributed by atoms with Crippen molar-refractivity contribution >= 4 is 45.2 Å². The van der Waals surface area contributed by atoms with Crippen molar-refractivity contribution in [2.75, 3.05) is 5.32 Å². The fourth-order valence-electron chi connectivity index (χ4n) is 2.38. The van der Waals surface area contributed by atoms with E-state index < -0.39 is 17.5 Å². The van der Waals surface area contributed by atoms with Crippen molar-refractivity contribution in [3.8, 4) is 0 Å². The van der Waals surface area contributed by atoms with E-state index in [0.29, 0.717) is 22.1 Å². The molecule has 24 heavy (non-hydrogen) atoms. The molecular formula is C17H16ClFN3O2+. The van der Waals surface area contributed by atoms with E-state index in [-0.39, 0.29) is 5.02 Å². The molecule has 1 amide bonds. The van der Waals surface area contributed by atoms with Crippen molar-refractivity contribution in [3.05, 3.63) is 41.4 Å². The van der Waals surface area contributed by atoms with Crippen molar-refractivity contribution in [1.29, 1.82) is 0 Å². The van der Waals surface area contributed by atoms with E-state index in [1.807, 2.05) is 0 Å². The van der Waals surface area contributed by atoms with Gasteiger partial charge < -0.3 is 4.74 Å². The van der Waals surface area contributed by atoms with Crippen LogP contribution in [-0.2, 0) is 4.74 Å². The molecule has 0 spiro atoms. The summed E-state index contributed by atoms with van der Waals surface area (Å²) in [6.45, 7) is 5.34. The highest BCUT2D eigenvalue weighted by molar-refractivity contribution is 6.31. The summed E-state index contributed by atoms with van der Waals surface area (Å²) in [5, 5.41) is 4.65. The van der Waals surface area contributed by atoms with Gasteiger partial charge in [-0.15, -0.1) is 0 Å². The number of fused-ring (bicyclic) bond motifs is 3. The lowest BCUT2D eigenvalue weighted by atomic mass is 10.1. The number of halogens is 2. The number of H-pyrrole nitrogens is 1. The molecule has 2 N–H and O–H groups in total. The second kappa shape index (κ2) is 5.87. The number of hydrogen-bond donors (Lipinski definition) is 1. The summed E-state index contributed by atoms with van der Waals surface area (Å²) < 4.78 is 19.1. The number of nitrogens with zero attached hydrogens (tertiary/aromatic N) is 1. The molecule has 5 nitrogen and oxygen atoms in total. The van der Waals surface area contributed by atoms with E-state index in [4.69, 9.17) is 16.3 Å². The third kappa shape index (κ3) is 3.23. The third-order valence-electron chi connectivity index (χ3n) is 3.32. The van der Waals surface area contributed by atoms with Crippen LogP contribution in [0.5, 0.6) is 0 Å². The first-order valence-corrected chi connectivity index (χ1v) is 7.70.